The molecule has 0 aromatic rings. The second-order valence-corrected chi connectivity index (χ2v) is 5.59. The van der Waals surface area contributed by atoms with Crippen LogP contribution in [0, 0.1) is 30.3 Å². The van der Waals surface area contributed by atoms with Crippen molar-refractivity contribution in [1.82, 2.24) is 5.01 Å². The van der Waals surface area contributed by atoms with Crippen LogP contribution < -0.4 is 0 Å². The maximum absolute atomic E-state index is 14.3. The molecule has 16 nitrogen and oxygen atoms in total. The Kier molecular flexibility index (Phi) is 8.77. The van der Waals surface area contributed by atoms with E-state index in [2.05, 4.69) is 14.2 Å². The van der Waals surface area contributed by atoms with E-state index in [1.165, 1.54) is 0 Å². The Bertz CT molecular complexity index is 639. The number of nitrogens with zero attached hydrogens (tertiary/aromatic N) is 4. The Morgan fingerprint density at radius 1 is 0.828 bits per heavy atom. The molecule has 0 fully saturated rings. The standard InChI is InChI=1S/C12H17FN4O12/c1-8(18)27-5-11(6-28-9(2)19,7-29-10(3)20)14(17(25)26)4-12(13,15(21)22)16(23)24/h4-7H2,1-3H3. The predicted octanol–water partition coefficient (Wildman–Crippen LogP) is -0.915. The first-order valence-corrected chi connectivity index (χ1v) is 7.48. The minimum Gasteiger partial charge on any atom is -0.463 e. The third-order valence-electron chi connectivity index (χ3n) is 3.29. The van der Waals surface area contributed by atoms with E-state index in [1.54, 1.807) is 0 Å². The third-order valence-corrected chi connectivity index (χ3v) is 3.29. The molecule has 0 aliphatic carbocycles. The van der Waals surface area contributed by atoms with Crippen LogP contribution in [0.15, 0.2) is 0 Å². The Labute approximate surface area is 160 Å². The molecule has 0 bridgehead atoms. The zero-order chi connectivity index (χ0) is 23.0. The quantitative estimate of drug-likeness (QED) is 0.0920. The fourth-order valence-corrected chi connectivity index (χ4v) is 1.83. The van der Waals surface area contributed by atoms with Crippen molar-refractivity contribution in [2.75, 3.05) is 26.4 Å². The van der Waals surface area contributed by atoms with Crippen molar-refractivity contribution in [3.05, 3.63) is 30.3 Å². The summed E-state index contributed by atoms with van der Waals surface area (Å²) in [7, 11) is 0. The van der Waals surface area contributed by atoms with Gasteiger partial charge in [0.05, 0.1) is 0 Å². The van der Waals surface area contributed by atoms with Crippen molar-refractivity contribution in [2.24, 2.45) is 0 Å². The van der Waals surface area contributed by atoms with Crippen molar-refractivity contribution >= 4 is 17.9 Å². The number of carbonyl (C=O) groups excluding carboxylic acids is 3. The normalized spacial score (nSPS) is 11.2. The summed E-state index contributed by atoms with van der Waals surface area (Å²) in [5.74, 6) is -7.66. The van der Waals surface area contributed by atoms with Gasteiger partial charge in [0.2, 0.25) is 5.54 Å². The monoisotopic (exact) mass is 428 g/mol. The molecule has 0 spiro atoms. The van der Waals surface area contributed by atoms with Crippen LogP contribution in [0.4, 0.5) is 4.39 Å². The summed E-state index contributed by atoms with van der Waals surface area (Å²) >= 11 is 0. The van der Waals surface area contributed by atoms with Gasteiger partial charge in [-0.05, 0) is 0 Å². The lowest BCUT2D eigenvalue weighted by Gasteiger charge is -2.35. The summed E-state index contributed by atoms with van der Waals surface area (Å²) in [6.07, 6.45) is 0. The average molecular weight is 428 g/mol. The maximum atomic E-state index is 14.3. The highest BCUT2D eigenvalue weighted by Crippen LogP contribution is 2.25. The molecule has 17 heteroatoms. The van der Waals surface area contributed by atoms with Crippen molar-refractivity contribution in [3.8, 4) is 0 Å². The molecule has 0 saturated carbocycles. The van der Waals surface area contributed by atoms with Crippen LogP contribution in [0.5, 0.6) is 0 Å². The highest BCUT2D eigenvalue weighted by molar-refractivity contribution is 5.67. The summed E-state index contributed by atoms with van der Waals surface area (Å²) in [6, 6.07) is 0. The molecule has 0 rings (SSSR count). The molecule has 0 heterocycles. The number of nitro groups is 3. The fraction of sp³-hybridized carbons (Fsp3) is 0.750. The summed E-state index contributed by atoms with van der Waals surface area (Å²) in [6.45, 7) is -2.81. The third kappa shape index (κ3) is 7.11. The molecule has 0 saturated heterocycles. The Morgan fingerprint density at radius 3 is 1.34 bits per heavy atom. The molecule has 0 radical (unpaired) electrons. The SMILES string of the molecule is CC(=O)OCC(COC(C)=O)(COC(C)=O)N(CC(F)([N+](=O)[O-])[N+](=O)[O-])[N+](=O)[O-]. The van der Waals surface area contributed by atoms with E-state index in [0.29, 0.717) is 0 Å². The average Bonchev–Trinajstić information content (AvgIpc) is 2.58. The van der Waals surface area contributed by atoms with Gasteiger partial charge >= 0.3 is 23.8 Å². The lowest BCUT2D eigenvalue weighted by atomic mass is 10.0. The van der Waals surface area contributed by atoms with Gasteiger partial charge in [-0.15, -0.1) is 0 Å². The molecule has 0 aliphatic rings. The van der Waals surface area contributed by atoms with E-state index >= 15 is 0 Å². The zero-order valence-electron chi connectivity index (χ0n) is 15.4. The second-order valence-electron chi connectivity index (χ2n) is 5.59. The molecule has 0 N–H and O–H groups in total. The minimum atomic E-state index is -4.57. The summed E-state index contributed by atoms with van der Waals surface area (Å²) in [5, 5.41) is 31.3. The number of hydrogen-bond donors (Lipinski definition) is 0. The lowest BCUT2D eigenvalue weighted by molar-refractivity contribution is -0.843. The molecule has 0 aromatic heterocycles. The van der Waals surface area contributed by atoms with Gasteiger partial charge in [0.15, 0.2) is 5.03 Å². The van der Waals surface area contributed by atoms with Crippen molar-refractivity contribution in [3.63, 3.8) is 0 Å². The van der Waals surface area contributed by atoms with E-state index < -0.39 is 70.6 Å². The smallest absolute Gasteiger partial charge is 0.463 e. The lowest BCUT2D eigenvalue weighted by Crippen LogP contribution is -2.66. The number of halogens is 1. The topological polar surface area (TPSA) is 212 Å². The van der Waals surface area contributed by atoms with Gasteiger partial charge in [0.1, 0.15) is 29.7 Å². The number of ether oxygens (including phenoxy) is 3. The first kappa shape index (κ1) is 25.3. The number of esters is 3. The van der Waals surface area contributed by atoms with Crippen LogP contribution in [-0.2, 0) is 28.6 Å². The number of rotatable bonds is 12. The van der Waals surface area contributed by atoms with Crippen molar-refractivity contribution in [2.45, 2.75) is 32.2 Å². The van der Waals surface area contributed by atoms with Gasteiger partial charge in [0, 0.05) is 20.8 Å². The summed E-state index contributed by atoms with van der Waals surface area (Å²) in [4.78, 5) is 62.6. The molecule has 0 atom stereocenters. The Morgan fingerprint density at radius 2 is 1.14 bits per heavy atom. The Balaban J connectivity index is 6.40. The van der Waals surface area contributed by atoms with Crippen molar-refractivity contribution < 1.29 is 47.9 Å². The molecular weight excluding hydrogens is 411 g/mol. The molecule has 0 aromatic carbocycles. The molecule has 0 unspecified atom stereocenters. The van der Waals surface area contributed by atoms with Gasteiger partial charge in [-0.1, -0.05) is 9.40 Å². The molecule has 164 valence electrons. The van der Waals surface area contributed by atoms with E-state index in [-0.39, 0.29) is 5.01 Å². The van der Waals surface area contributed by atoms with Gasteiger partial charge in [-0.3, -0.25) is 34.6 Å². The molecule has 0 amide bonds. The second kappa shape index (κ2) is 10.0. The maximum Gasteiger partial charge on any atom is 0.637 e. The van der Waals surface area contributed by atoms with E-state index in [4.69, 9.17) is 0 Å². The first-order valence-electron chi connectivity index (χ1n) is 7.48. The van der Waals surface area contributed by atoms with E-state index in [0.717, 1.165) is 20.8 Å². The molecule has 0 aliphatic heterocycles. The highest BCUT2D eigenvalue weighted by Gasteiger charge is 2.65. The summed E-state index contributed by atoms with van der Waals surface area (Å²) < 4.78 is 28.1. The number of carbonyl (C=O) groups is 3. The van der Waals surface area contributed by atoms with Gasteiger partial charge in [0.25, 0.3) is 6.54 Å². The van der Waals surface area contributed by atoms with Crippen LogP contribution in [0.25, 0.3) is 0 Å². The largest absolute Gasteiger partial charge is 0.637 e. The van der Waals surface area contributed by atoms with Gasteiger partial charge in [-0.2, -0.15) is 0 Å². The van der Waals surface area contributed by atoms with Crippen LogP contribution in [0.2, 0.25) is 0 Å². The van der Waals surface area contributed by atoms with E-state index in [9.17, 15) is 49.1 Å². The first-order chi connectivity index (χ1) is 13.2. The number of hydrogen-bond acceptors (Lipinski definition) is 12. The van der Waals surface area contributed by atoms with Gasteiger partial charge < -0.3 is 14.2 Å². The summed E-state index contributed by atoms with van der Waals surface area (Å²) in [5.41, 5.74) is -2.53. The highest BCUT2D eigenvalue weighted by atomic mass is 19.2. The van der Waals surface area contributed by atoms with Crippen molar-refractivity contribution in [1.29, 1.82) is 0 Å². The van der Waals surface area contributed by atoms with Gasteiger partial charge in [-0.25, -0.2) is 10.1 Å². The Hall–Kier alpha value is -3.66. The van der Waals surface area contributed by atoms with Crippen LogP contribution in [-0.4, -0.2) is 75.6 Å². The van der Waals surface area contributed by atoms with Crippen LogP contribution >= 0.6 is 0 Å². The van der Waals surface area contributed by atoms with E-state index in [1.807, 2.05) is 0 Å². The predicted molar refractivity (Wildman–Crippen MR) is 84.2 cm³/mol. The minimum absolute atomic E-state index is 0.382. The van der Waals surface area contributed by atoms with Crippen LogP contribution in [0.1, 0.15) is 20.8 Å². The molecular formula is C12H17FN4O12. The number of hydrazine groups is 1. The van der Waals surface area contributed by atoms with Crippen LogP contribution in [0.3, 0.4) is 0 Å². The number of alkyl halides is 1. The molecule has 29 heavy (non-hydrogen) atoms. The zero-order valence-corrected chi connectivity index (χ0v) is 15.4. The fourth-order valence-electron chi connectivity index (χ4n) is 1.83.